The van der Waals surface area contributed by atoms with Crippen molar-refractivity contribution in [3.63, 3.8) is 0 Å². The second kappa shape index (κ2) is 9.59. The topological polar surface area (TPSA) is 106 Å². The van der Waals surface area contributed by atoms with Crippen LogP contribution in [-0.4, -0.2) is 42.4 Å². The molecular formula is C21H18F3N3O6. The molecule has 0 unspecified atom stereocenters. The maximum Gasteiger partial charge on any atom is 0.436 e. The summed E-state index contributed by atoms with van der Waals surface area (Å²) < 4.78 is 64.3. The average Bonchev–Trinajstić information content (AvgIpc) is 3.28. The van der Waals surface area contributed by atoms with Crippen LogP contribution in [0.3, 0.4) is 0 Å². The molecule has 33 heavy (non-hydrogen) atoms. The van der Waals surface area contributed by atoms with Gasteiger partial charge in [0.1, 0.15) is 22.7 Å². The fraction of sp³-hybridized carbons (Fsp3) is 0.238. The van der Waals surface area contributed by atoms with E-state index in [1.165, 1.54) is 45.6 Å². The molecule has 174 valence electrons. The Bertz CT molecular complexity index is 1190. The van der Waals surface area contributed by atoms with Crippen LogP contribution in [0.15, 0.2) is 41.1 Å². The van der Waals surface area contributed by atoms with Crippen molar-refractivity contribution in [1.29, 1.82) is 0 Å². The van der Waals surface area contributed by atoms with E-state index in [1.807, 2.05) is 0 Å². The zero-order valence-corrected chi connectivity index (χ0v) is 17.9. The van der Waals surface area contributed by atoms with Crippen LogP contribution in [0, 0.1) is 6.92 Å². The maximum atomic E-state index is 12.8. The molecule has 0 N–H and O–H groups in total. The van der Waals surface area contributed by atoms with Gasteiger partial charge in [0.2, 0.25) is 11.8 Å². The first-order valence-corrected chi connectivity index (χ1v) is 9.24. The third-order valence-electron chi connectivity index (χ3n) is 4.19. The number of carbonyl (C=O) groups is 1. The number of esters is 1. The van der Waals surface area contributed by atoms with Gasteiger partial charge in [-0.3, -0.25) is 0 Å². The van der Waals surface area contributed by atoms with E-state index in [0.717, 1.165) is 12.3 Å². The van der Waals surface area contributed by atoms with Gasteiger partial charge in [0, 0.05) is 11.6 Å². The second-order valence-electron chi connectivity index (χ2n) is 6.42. The van der Waals surface area contributed by atoms with Gasteiger partial charge in [-0.2, -0.15) is 23.1 Å². The number of benzene rings is 1. The lowest BCUT2D eigenvalue weighted by atomic mass is 10.1. The standard InChI is InChI=1S/C21H18F3N3O6/c1-11-25-18(30-3)17(14(10-29-2)20(28)31-4)19(26-11)32-13-7-5-6-12(8-13)15-9-16(27-33-15)21(22,23)24/h5-10H,1-4H3/b14-10-. The van der Waals surface area contributed by atoms with E-state index in [2.05, 4.69) is 15.1 Å². The zero-order valence-electron chi connectivity index (χ0n) is 17.9. The molecule has 0 aliphatic rings. The van der Waals surface area contributed by atoms with Crippen molar-refractivity contribution in [2.75, 3.05) is 21.3 Å². The monoisotopic (exact) mass is 465 g/mol. The van der Waals surface area contributed by atoms with Gasteiger partial charge in [-0.05, 0) is 19.1 Å². The van der Waals surface area contributed by atoms with Gasteiger partial charge in [-0.25, -0.2) is 4.79 Å². The van der Waals surface area contributed by atoms with E-state index < -0.39 is 17.8 Å². The molecule has 0 bridgehead atoms. The molecule has 0 aliphatic carbocycles. The molecule has 2 heterocycles. The lowest BCUT2D eigenvalue weighted by Crippen LogP contribution is -2.10. The van der Waals surface area contributed by atoms with E-state index in [4.69, 9.17) is 23.5 Å². The van der Waals surface area contributed by atoms with E-state index in [9.17, 15) is 18.0 Å². The van der Waals surface area contributed by atoms with Crippen LogP contribution < -0.4 is 9.47 Å². The zero-order chi connectivity index (χ0) is 24.2. The first kappa shape index (κ1) is 23.6. The highest BCUT2D eigenvalue weighted by Crippen LogP contribution is 2.37. The number of carbonyl (C=O) groups excluding carboxylic acids is 1. The molecule has 9 nitrogen and oxygen atoms in total. The Morgan fingerprint density at radius 3 is 2.42 bits per heavy atom. The predicted molar refractivity (Wildman–Crippen MR) is 107 cm³/mol. The number of halogens is 3. The number of alkyl halides is 3. The Balaban J connectivity index is 2.06. The van der Waals surface area contributed by atoms with Crippen molar-refractivity contribution in [3.8, 4) is 28.8 Å². The summed E-state index contributed by atoms with van der Waals surface area (Å²) in [6, 6.07) is 6.80. The van der Waals surface area contributed by atoms with Gasteiger partial charge in [-0.15, -0.1) is 0 Å². The number of aryl methyl sites for hydroxylation is 1. The van der Waals surface area contributed by atoms with Gasteiger partial charge in [0.05, 0.1) is 27.6 Å². The van der Waals surface area contributed by atoms with Crippen molar-refractivity contribution in [2.24, 2.45) is 0 Å². The largest absolute Gasteiger partial charge is 0.503 e. The number of aromatic nitrogens is 3. The SMILES string of the molecule is CO/C=C(\C(=O)OC)c1c(OC)nc(C)nc1Oc1cccc(-c2cc(C(F)(F)F)no2)c1. The molecule has 0 fully saturated rings. The van der Waals surface area contributed by atoms with Crippen LogP contribution in [0.5, 0.6) is 17.5 Å². The Morgan fingerprint density at radius 2 is 1.82 bits per heavy atom. The summed E-state index contributed by atoms with van der Waals surface area (Å²) in [6.07, 6.45) is -3.52. The summed E-state index contributed by atoms with van der Waals surface area (Å²) in [5.74, 6) is -0.471. The third kappa shape index (κ3) is 5.22. The fourth-order valence-corrected chi connectivity index (χ4v) is 2.78. The van der Waals surface area contributed by atoms with Crippen LogP contribution in [0.25, 0.3) is 16.9 Å². The fourth-order valence-electron chi connectivity index (χ4n) is 2.78. The summed E-state index contributed by atoms with van der Waals surface area (Å²) in [4.78, 5) is 20.7. The highest BCUT2D eigenvalue weighted by atomic mass is 19.4. The molecule has 0 radical (unpaired) electrons. The quantitative estimate of drug-likeness (QED) is 0.285. The van der Waals surface area contributed by atoms with Crippen molar-refractivity contribution in [3.05, 3.63) is 53.7 Å². The Kier molecular flexibility index (Phi) is 6.85. The summed E-state index contributed by atoms with van der Waals surface area (Å²) in [7, 11) is 3.87. The number of nitrogens with zero attached hydrogens (tertiary/aromatic N) is 3. The second-order valence-corrected chi connectivity index (χ2v) is 6.42. The number of rotatable bonds is 7. The minimum absolute atomic E-state index is 0.0207. The van der Waals surface area contributed by atoms with Crippen LogP contribution in [0.1, 0.15) is 17.1 Å². The van der Waals surface area contributed by atoms with Gasteiger partial charge >= 0.3 is 12.1 Å². The van der Waals surface area contributed by atoms with E-state index in [1.54, 1.807) is 6.92 Å². The molecular weight excluding hydrogens is 447 g/mol. The van der Waals surface area contributed by atoms with Crippen LogP contribution in [-0.2, 0) is 20.4 Å². The first-order chi connectivity index (χ1) is 15.7. The van der Waals surface area contributed by atoms with Crippen LogP contribution in [0.2, 0.25) is 0 Å². The molecule has 0 saturated carbocycles. The van der Waals surface area contributed by atoms with Crippen molar-refractivity contribution in [2.45, 2.75) is 13.1 Å². The van der Waals surface area contributed by atoms with Crippen LogP contribution in [0.4, 0.5) is 13.2 Å². The summed E-state index contributed by atoms with van der Waals surface area (Å²) >= 11 is 0. The molecule has 1 aromatic carbocycles. The van der Waals surface area contributed by atoms with Gasteiger partial charge in [0.15, 0.2) is 11.5 Å². The Morgan fingerprint density at radius 1 is 1.09 bits per heavy atom. The molecule has 3 aromatic rings. The van der Waals surface area contributed by atoms with Crippen molar-refractivity contribution < 1.29 is 41.4 Å². The number of hydrogen-bond donors (Lipinski definition) is 0. The lowest BCUT2D eigenvalue weighted by Gasteiger charge is -2.15. The summed E-state index contributed by atoms with van der Waals surface area (Å²) in [5, 5.41) is 3.05. The molecule has 0 atom stereocenters. The van der Waals surface area contributed by atoms with Crippen LogP contribution >= 0.6 is 0 Å². The van der Waals surface area contributed by atoms with Gasteiger partial charge in [0.25, 0.3) is 0 Å². The number of methoxy groups -OCH3 is 3. The lowest BCUT2D eigenvalue weighted by molar-refractivity contribution is -0.142. The average molecular weight is 465 g/mol. The van der Waals surface area contributed by atoms with Crippen molar-refractivity contribution in [1.82, 2.24) is 15.1 Å². The highest BCUT2D eigenvalue weighted by Gasteiger charge is 2.35. The Labute approximate surface area is 185 Å². The number of ether oxygens (including phenoxy) is 4. The molecule has 2 aromatic heterocycles. The minimum Gasteiger partial charge on any atom is -0.503 e. The minimum atomic E-state index is -4.64. The predicted octanol–water partition coefficient (Wildman–Crippen LogP) is 4.42. The third-order valence-corrected chi connectivity index (χ3v) is 4.19. The van der Waals surface area contributed by atoms with Gasteiger partial charge < -0.3 is 23.5 Å². The normalized spacial score (nSPS) is 11.8. The molecule has 0 saturated heterocycles. The molecule has 12 heteroatoms. The van der Waals surface area contributed by atoms with E-state index >= 15 is 0 Å². The highest BCUT2D eigenvalue weighted by molar-refractivity contribution is 6.17. The first-order valence-electron chi connectivity index (χ1n) is 9.24. The summed E-state index contributed by atoms with van der Waals surface area (Å²) in [6.45, 7) is 1.58. The molecule has 3 rings (SSSR count). The molecule has 0 aliphatic heterocycles. The Hall–Kier alpha value is -4.09. The van der Waals surface area contributed by atoms with Gasteiger partial charge in [-0.1, -0.05) is 17.3 Å². The van der Waals surface area contributed by atoms with Crippen molar-refractivity contribution >= 4 is 11.5 Å². The molecule has 0 spiro atoms. The number of hydrogen-bond acceptors (Lipinski definition) is 9. The van der Waals surface area contributed by atoms with E-state index in [0.29, 0.717) is 0 Å². The van der Waals surface area contributed by atoms with E-state index in [-0.39, 0.29) is 45.8 Å². The smallest absolute Gasteiger partial charge is 0.436 e. The maximum absolute atomic E-state index is 12.8. The summed E-state index contributed by atoms with van der Waals surface area (Å²) in [5.41, 5.74) is -0.903. The molecule has 0 amide bonds.